The summed E-state index contributed by atoms with van der Waals surface area (Å²) in [6, 6.07) is 11.9. The van der Waals surface area contributed by atoms with Crippen LogP contribution < -0.4 is 15.2 Å². The van der Waals surface area contributed by atoms with Crippen molar-refractivity contribution in [3.05, 3.63) is 59.2 Å². The molecular formula is C20H24N2O4S. The number of rotatable bonds is 5. The van der Waals surface area contributed by atoms with Gasteiger partial charge in [0.25, 0.3) is 5.91 Å². The Labute approximate surface area is 159 Å². The lowest BCUT2D eigenvalue weighted by Gasteiger charge is -2.11. The topological polar surface area (TPSA) is 98.5 Å². The normalized spacial score (nSPS) is 20.8. The van der Waals surface area contributed by atoms with Gasteiger partial charge in [-0.25, -0.2) is 13.6 Å². The fraction of sp³-hybridized carbons (Fsp3) is 0.350. The molecule has 0 radical (unpaired) electrons. The summed E-state index contributed by atoms with van der Waals surface area (Å²) < 4.78 is 28.2. The van der Waals surface area contributed by atoms with E-state index < -0.39 is 10.0 Å². The van der Waals surface area contributed by atoms with Crippen LogP contribution in [0, 0.1) is 12.3 Å². The van der Waals surface area contributed by atoms with Crippen LogP contribution >= 0.6 is 0 Å². The van der Waals surface area contributed by atoms with Gasteiger partial charge in [-0.15, -0.1) is 0 Å². The molecule has 3 N–H and O–H groups in total. The van der Waals surface area contributed by atoms with Crippen LogP contribution in [0.2, 0.25) is 0 Å². The average molecular weight is 388 g/mol. The van der Waals surface area contributed by atoms with Crippen LogP contribution in [0.15, 0.2) is 47.4 Å². The third-order valence-electron chi connectivity index (χ3n) is 5.28. The van der Waals surface area contributed by atoms with E-state index in [-0.39, 0.29) is 28.2 Å². The van der Waals surface area contributed by atoms with E-state index >= 15 is 0 Å². The molecule has 3 rings (SSSR count). The van der Waals surface area contributed by atoms with E-state index in [1.807, 2.05) is 19.1 Å². The number of benzene rings is 2. The molecule has 1 aliphatic carbocycles. The highest BCUT2D eigenvalue weighted by Crippen LogP contribution is 2.58. The maximum absolute atomic E-state index is 12.7. The Balaban J connectivity index is 1.79. The van der Waals surface area contributed by atoms with Crippen LogP contribution in [-0.2, 0) is 10.0 Å². The van der Waals surface area contributed by atoms with E-state index in [9.17, 15) is 13.2 Å². The average Bonchev–Trinajstić information content (AvgIpc) is 3.14. The van der Waals surface area contributed by atoms with Gasteiger partial charge in [0.2, 0.25) is 10.0 Å². The van der Waals surface area contributed by atoms with Gasteiger partial charge in [0.15, 0.2) is 0 Å². The molecule has 0 bridgehead atoms. The summed E-state index contributed by atoms with van der Waals surface area (Å²) in [4.78, 5) is 12.8. The highest BCUT2D eigenvalue weighted by molar-refractivity contribution is 7.89. The van der Waals surface area contributed by atoms with Crippen molar-refractivity contribution in [2.24, 2.45) is 10.6 Å². The number of carbonyl (C=O) groups excluding carboxylic acids is 1. The largest absolute Gasteiger partial charge is 0.496 e. The first kappa shape index (κ1) is 19.4. The number of aryl methyl sites for hydroxylation is 1. The van der Waals surface area contributed by atoms with Crippen LogP contribution in [0.5, 0.6) is 5.75 Å². The van der Waals surface area contributed by atoms with Crippen LogP contribution in [-0.4, -0.2) is 27.5 Å². The number of primary sulfonamides is 1. The molecule has 1 fully saturated rings. The van der Waals surface area contributed by atoms with Crippen molar-refractivity contribution in [2.45, 2.75) is 37.6 Å². The van der Waals surface area contributed by atoms with Crippen molar-refractivity contribution in [1.82, 2.24) is 5.32 Å². The van der Waals surface area contributed by atoms with Crippen molar-refractivity contribution < 1.29 is 17.9 Å². The minimum atomic E-state index is -3.72. The predicted octanol–water partition coefficient (Wildman–Crippen LogP) is 2.57. The molecule has 0 heterocycles. The van der Waals surface area contributed by atoms with Crippen molar-refractivity contribution in [2.75, 3.05) is 7.11 Å². The molecule has 0 spiro atoms. The number of hydrogen-bond acceptors (Lipinski definition) is 4. The summed E-state index contributed by atoms with van der Waals surface area (Å²) in [5.41, 5.74) is 2.34. The lowest BCUT2D eigenvalue weighted by molar-refractivity contribution is 0.0943. The van der Waals surface area contributed by atoms with Crippen LogP contribution in [0.1, 0.15) is 41.3 Å². The third-order valence-corrected chi connectivity index (χ3v) is 6.21. The van der Waals surface area contributed by atoms with Gasteiger partial charge in [-0.3, -0.25) is 4.79 Å². The van der Waals surface area contributed by atoms with Gasteiger partial charge >= 0.3 is 0 Å². The Kier molecular flexibility index (Phi) is 4.78. The molecule has 2 atom stereocenters. The number of carbonyl (C=O) groups is 1. The maximum Gasteiger partial charge on any atom is 0.255 e. The quantitative estimate of drug-likeness (QED) is 0.822. The first-order chi connectivity index (χ1) is 12.6. The summed E-state index contributed by atoms with van der Waals surface area (Å²) in [5, 5.41) is 8.24. The number of hydrogen-bond donors (Lipinski definition) is 2. The molecule has 1 saturated carbocycles. The minimum Gasteiger partial charge on any atom is -0.496 e. The summed E-state index contributed by atoms with van der Waals surface area (Å²) in [6.45, 7) is 6.08. The molecule has 1 unspecified atom stereocenters. The highest BCUT2D eigenvalue weighted by Gasteiger charge is 2.59. The molecule has 6 nitrogen and oxygen atoms in total. The van der Waals surface area contributed by atoms with Gasteiger partial charge < -0.3 is 10.1 Å². The third kappa shape index (κ3) is 3.70. The van der Waals surface area contributed by atoms with Crippen molar-refractivity contribution >= 4 is 15.9 Å². The summed E-state index contributed by atoms with van der Waals surface area (Å²) in [7, 11) is -2.17. The van der Waals surface area contributed by atoms with Crippen molar-refractivity contribution in [3.63, 3.8) is 0 Å². The Bertz CT molecular complexity index is 982. The van der Waals surface area contributed by atoms with E-state index in [1.165, 1.54) is 12.1 Å². The van der Waals surface area contributed by atoms with Gasteiger partial charge in [0, 0.05) is 12.0 Å². The Morgan fingerprint density at radius 1 is 1.15 bits per heavy atom. The number of sulfonamides is 1. The van der Waals surface area contributed by atoms with Gasteiger partial charge in [-0.05, 0) is 47.7 Å². The highest BCUT2D eigenvalue weighted by atomic mass is 32.2. The molecule has 1 amide bonds. The number of nitrogens with one attached hydrogen (secondary N) is 1. The van der Waals surface area contributed by atoms with Crippen LogP contribution in [0.4, 0.5) is 0 Å². The van der Waals surface area contributed by atoms with Gasteiger partial charge in [0.05, 0.1) is 17.6 Å². The van der Waals surface area contributed by atoms with Crippen LogP contribution in [0.25, 0.3) is 0 Å². The molecule has 7 heteroatoms. The molecule has 0 saturated heterocycles. The van der Waals surface area contributed by atoms with E-state index in [0.29, 0.717) is 11.3 Å². The van der Waals surface area contributed by atoms with Crippen molar-refractivity contribution in [3.8, 4) is 5.75 Å². The summed E-state index contributed by atoms with van der Waals surface area (Å²) in [6.07, 6.45) is 0. The molecular weight excluding hydrogens is 364 g/mol. The fourth-order valence-corrected chi connectivity index (χ4v) is 4.11. The SMILES string of the molecule is COc1cc(C)ccc1C(=O)NC1[C@H](c2ccc(S(N)(=O)=O)cc2)C1(C)C. The lowest BCUT2D eigenvalue weighted by Crippen LogP contribution is -2.29. The summed E-state index contributed by atoms with van der Waals surface area (Å²) >= 11 is 0. The molecule has 27 heavy (non-hydrogen) atoms. The second kappa shape index (κ2) is 6.65. The Morgan fingerprint density at radius 2 is 1.78 bits per heavy atom. The first-order valence-electron chi connectivity index (χ1n) is 8.64. The van der Waals surface area contributed by atoms with E-state index in [0.717, 1.165) is 11.1 Å². The van der Waals surface area contributed by atoms with E-state index in [2.05, 4.69) is 19.2 Å². The number of nitrogens with two attached hydrogens (primary N) is 1. The zero-order chi connectivity index (χ0) is 20.0. The fourth-order valence-electron chi connectivity index (χ4n) is 3.60. The smallest absolute Gasteiger partial charge is 0.255 e. The number of amides is 1. The van der Waals surface area contributed by atoms with Gasteiger partial charge in [-0.1, -0.05) is 32.0 Å². The van der Waals surface area contributed by atoms with Crippen molar-refractivity contribution in [1.29, 1.82) is 0 Å². The van der Waals surface area contributed by atoms with Gasteiger partial charge in [-0.2, -0.15) is 0 Å². The molecule has 0 aromatic heterocycles. The molecule has 2 aromatic carbocycles. The second-order valence-corrected chi connectivity index (χ2v) is 9.13. The lowest BCUT2D eigenvalue weighted by atomic mass is 10.0. The van der Waals surface area contributed by atoms with E-state index in [4.69, 9.17) is 9.88 Å². The number of ether oxygens (including phenoxy) is 1. The maximum atomic E-state index is 12.7. The molecule has 144 valence electrons. The minimum absolute atomic E-state index is 0.0589. The number of methoxy groups -OCH3 is 1. The van der Waals surface area contributed by atoms with Crippen LogP contribution in [0.3, 0.4) is 0 Å². The summed E-state index contributed by atoms with van der Waals surface area (Å²) in [5.74, 6) is 0.445. The zero-order valence-electron chi connectivity index (χ0n) is 15.8. The molecule has 2 aromatic rings. The van der Waals surface area contributed by atoms with E-state index in [1.54, 1.807) is 25.3 Å². The standard InChI is InChI=1S/C20H24N2O4S/c1-12-5-10-15(16(11-12)26-4)19(23)22-18-17(20(18,2)3)13-6-8-14(9-7-13)27(21,24)25/h5-11,17-18H,1-4H3,(H,22,23)(H2,21,24,25)/t17-,18?/m0/s1. The first-order valence-corrected chi connectivity index (χ1v) is 10.2. The molecule has 0 aliphatic heterocycles. The Morgan fingerprint density at radius 3 is 2.33 bits per heavy atom. The predicted molar refractivity (Wildman–Crippen MR) is 103 cm³/mol. The zero-order valence-corrected chi connectivity index (χ0v) is 16.6. The second-order valence-electron chi connectivity index (χ2n) is 7.57. The van der Waals surface area contributed by atoms with Gasteiger partial charge in [0.1, 0.15) is 5.75 Å². The Hall–Kier alpha value is -2.38. The molecule has 1 aliphatic rings. The monoisotopic (exact) mass is 388 g/mol.